The Labute approximate surface area is 70.1 Å². The molecule has 2 atom stereocenters. The van der Waals surface area contributed by atoms with Crippen molar-refractivity contribution in [2.24, 2.45) is 5.92 Å². The molecule has 2 aliphatic heterocycles. The number of thioether (sulfide) groups is 2. The summed E-state index contributed by atoms with van der Waals surface area (Å²) in [5, 5.41) is 3.00. The van der Waals surface area contributed by atoms with Gasteiger partial charge in [0.25, 0.3) is 0 Å². The molecule has 0 aromatic rings. The minimum absolute atomic E-state index is 0.745. The van der Waals surface area contributed by atoms with E-state index in [4.69, 9.17) is 0 Å². The molecule has 0 saturated carbocycles. The van der Waals surface area contributed by atoms with Crippen molar-refractivity contribution in [2.75, 3.05) is 0 Å². The maximum Gasteiger partial charge on any atom is 0.0217 e. The number of allylic oxidation sites excluding steroid dienone is 3. The van der Waals surface area contributed by atoms with Crippen LogP contribution in [0.4, 0.5) is 0 Å². The maximum atomic E-state index is 2.33. The number of hydrogen-bond donors (Lipinski definition) is 0. The van der Waals surface area contributed by atoms with Gasteiger partial charge in [-0.15, -0.1) is 23.5 Å². The van der Waals surface area contributed by atoms with E-state index in [0.29, 0.717) is 0 Å². The quantitative estimate of drug-likeness (QED) is 0.547. The van der Waals surface area contributed by atoms with Gasteiger partial charge in [-0.25, -0.2) is 0 Å². The molecule has 2 heterocycles. The SMILES string of the molecule is CC1=C2SC=CC2C(C)S1. The molecular formula is C8H10S2. The lowest BCUT2D eigenvalue weighted by atomic mass is 10.1. The zero-order valence-electron chi connectivity index (χ0n) is 6.13. The molecule has 0 aromatic heterocycles. The summed E-state index contributed by atoms with van der Waals surface area (Å²) in [6.07, 6.45) is 2.33. The van der Waals surface area contributed by atoms with Gasteiger partial charge in [0.2, 0.25) is 0 Å². The molecule has 0 aromatic carbocycles. The third-order valence-corrected chi connectivity index (χ3v) is 4.49. The van der Waals surface area contributed by atoms with Crippen LogP contribution in [0, 0.1) is 5.92 Å². The molecule has 0 N–H and O–H groups in total. The summed E-state index contributed by atoms with van der Waals surface area (Å²) in [5.74, 6) is 0.745. The Hall–Kier alpha value is 0.180. The first-order chi connectivity index (χ1) is 4.79. The summed E-state index contributed by atoms with van der Waals surface area (Å²) in [5.41, 5.74) is 0. The van der Waals surface area contributed by atoms with E-state index in [1.54, 1.807) is 4.91 Å². The van der Waals surface area contributed by atoms with E-state index in [1.165, 1.54) is 4.91 Å². The molecule has 0 nitrogen and oxygen atoms in total. The normalized spacial score (nSPS) is 37.4. The summed E-state index contributed by atoms with van der Waals surface area (Å²) < 4.78 is 0. The zero-order chi connectivity index (χ0) is 7.14. The predicted octanol–water partition coefficient (Wildman–Crippen LogP) is 3.23. The third kappa shape index (κ3) is 0.857. The van der Waals surface area contributed by atoms with E-state index in [2.05, 4.69) is 25.3 Å². The van der Waals surface area contributed by atoms with Crippen LogP contribution in [0.5, 0.6) is 0 Å². The van der Waals surface area contributed by atoms with Gasteiger partial charge in [-0.3, -0.25) is 0 Å². The van der Waals surface area contributed by atoms with E-state index in [1.807, 2.05) is 23.5 Å². The Morgan fingerprint density at radius 3 is 3.00 bits per heavy atom. The number of rotatable bonds is 0. The molecule has 54 valence electrons. The van der Waals surface area contributed by atoms with Crippen LogP contribution in [0.1, 0.15) is 13.8 Å². The Bertz CT molecular complexity index is 215. The molecule has 0 saturated heterocycles. The molecule has 0 spiro atoms. The van der Waals surface area contributed by atoms with Crippen molar-refractivity contribution >= 4 is 23.5 Å². The summed E-state index contributed by atoms with van der Waals surface area (Å²) in [6, 6.07) is 0. The first-order valence-corrected chi connectivity index (χ1v) is 5.25. The Morgan fingerprint density at radius 2 is 2.30 bits per heavy atom. The zero-order valence-corrected chi connectivity index (χ0v) is 7.76. The number of hydrogen-bond acceptors (Lipinski definition) is 2. The average Bonchev–Trinajstić information content (AvgIpc) is 2.39. The van der Waals surface area contributed by atoms with E-state index >= 15 is 0 Å². The van der Waals surface area contributed by atoms with Crippen molar-refractivity contribution in [3.8, 4) is 0 Å². The average molecular weight is 170 g/mol. The van der Waals surface area contributed by atoms with Crippen molar-refractivity contribution in [2.45, 2.75) is 19.1 Å². The van der Waals surface area contributed by atoms with Gasteiger partial charge in [-0.1, -0.05) is 13.0 Å². The Balaban J connectivity index is 2.33. The standard InChI is InChI=1S/C8H10S2/c1-5-7-3-4-9-8(7)6(2)10-5/h3-5,7H,1-2H3. The minimum atomic E-state index is 0.745. The fraction of sp³-hybridized carbons (Fsp3) is 0.500. The van der Waals surface area contributed by atoms with Crippen LogP contribution in [0.2, 0.25) is 0 Å². The second-order valence-electron chi connectivity index (χ2n) is 2.72. The highest BCUT2D eigenvalue weighted by molar-refractivity contribution is 8.09. The van der Waals surface area contributed by atoms with Crippen molar-refractivity contribution < 1.29 is 0 Å². The molecule has 2 heteroatoms. The van der Waals surface area contributed by atoms with Crippen molar-refractivity contribution in [3.63, 3.8) is 0 Å². The molecule has 0 aliphatic carbocycles. The van der Waals surface area contributed by atoms with Gasteiger partial charge in [0.15, 0.2) is 0 Å². The van der Waals surface area contributed by atoms with Gasteiger partial charge >= 0.3 is 0 Å². The highest BCUT2D eigenvalue weighted by atomic mass is 32.2. The van der Waals surface area contributed by atoms with E-state index in [9.17, 15) is 0 Å². The summed E-state index contributed by atoms with van der Waals surface area (Å²) in [4.78, 5) is 3.13. The minimum Gasteiger partial charge on any atom is -0.126 e. The smallest absolute Gasteiger partial charge is 0.0217 e. The van der Waals surface area contributed by atoms with Crippen molar-refractivity contribution in [1.82, 2.24) is 0 Å². The van der Waals surface area contributed by atoms with E-state index in [-0.39, 0.29) is 0 Å². The molecule has 0 radical (unpaired) electrons. The van der Waals surface area contributed by atoms with Gasteiger partial charge < -0.3 is 0 Å². The second-order valence-corrected chi connectivity index (χ2v) is 5.25. The largest absolute Gasteiger partial charge is 0.126 e. The predicted molar refractivity (Wildman–Crippen MR) is 50.0 cm³/mol. The molecule has 0 amide bonds. The molecule has 2 rings (SSSR count). The highest BCUT2D eigenvalue weighted by Gasteiger charge is 2.31. The lowest BCUT2D eigenvalue weighted by Gasteiger charge is -2.06. The molecule has 0 bridgehead atoms. The third-order valence-electron chi connectivity index (χ3n) is 2.00. The van der Waals surface area contributed by atoms with Gasteiger partial charge in [-0.05, 0) is 17.2 Å². The molecule has 2 aliphatic rings. The maximum absolute atomic E-state index is 2.33. The summed E-state index contributed by atoms with van der Waals surface area (Å²) in [7, 11) is 0. The summed E-state index contributed by atoms with van der Waals surface area (Å²) >= 11 is 3.92. The van der Waals surface area contributed by atoms with Gasteiger partial charge in [0.05, 0.1) is 0 Å². The molecule has 2 unspecified atom stereocenters. The fourth-order valence-electron chi connectivity index (χ4n) is 1.46. The lowest BCUT2D eigenvalue weighted by molar-refractivity contribution is 0.805. The van der Waals surface area contributed by atoms with Crippen LogP contribution in [0.25, 0.3) is 0 Å². The van der Waals surface area contributed by atoms with Gasteiger partial charge in [0.1, 0.15) is 0 Å². The van der Waals surface area contributed by atoms with E-state index < -0.39 is 0 Å². The molecular weight excluding hydrogens is 160 g/mol. The van der Waals surface area contributed by atoms with Gasteiger partial charge in [0, 0.05) is 16.1 Å². The van der Waals surface area contributed by atoms with Crippen LogP contribution in [0.15, 0.2) is 21.3 Å². The lowest BCUT2D eigenvalue weighted by Crippen LogP contribution is -2.03. The number of fused-ring (bicyclic) bond motifs is 1. The molecule has 10 heavy (non-hydrogen) atoms. The summed E-state index contributed by atoms with van der Waals surface area (Å²) in [6.45, 7) is 4.54. The van der Waals surface area contributed by atoms with Crippen molar-refractivity contribution in [1.29, 1.82) is 0 Å². The monoisotopic (exact) mass is 170 g/mol. The van der Waals surface area contributed by atoms with Crippen LogP contribution in [0.3, 0.4) is 0 Å². The topological polar surface area (TPSA) is 0 Å². The Kier molecular flexibility index (Phi) is 1.61. The second kappa shape index (κ2) is 2.35. The van der Waals surface area contributed by atoms with Crippen LogP contribution in [-0.2, 0) is 0 Å². The molecule has 0 fully saturated rings. The van der Waals surface area contributed by atoms with Crippen molar-refractivity contribution in [3.05, 3.63) is 21.3 Å². The van der Waals surface area contributed by atoms with Crippen LogP contribution in [-0.4, -0.2) is 5.25 Å². The Morgan fingerprint density at radius 1 is 1.50 bits per heavy atom. The fourth-order valence-corrected chi connectivity index (χ4v) is 4.02. The first kappa shape index (κ1) is 6.86. The van der Waals surface area contributed by atoms with Crippen LogP contribution < -0.4 is 0 Å². The first-order valence-electron chi connectivity index (χ1n) is 3.50. The van der Waals surface area contributed by atoms with Crippen LogP contribution >= 0.6 is 23.5 Å². The van der Waals surface area contributed by atoms with E-state index in [0.717, 1.165) is 11.2 Å². The van der Waals surface area contributed by atoms with Gasteiger partial charge in [-0.2, -0.15) is 0 Å². The highest BCUT2D eigenvalue weighted by Crippen LogP contribution is 2.51.